The third-order valence-electron chi connectivity index (χ3n) is 11.5. The van der Waals surface area contributed by atoms with E-state index in [-0.39, 0.29) is 51.0 Å². The Morgan fingerprint density at radius 3 is 0.892 bits per heavy atom. The Bertz CT molecular complexity index is 2770. The summed E-state index contributed by atoms with van der Waals surface area (Å²) < 4.78 is 16.6. The molecule has 0 spiro atoms. The Labute approximate surface area is 371 Å². The molecule has 0 aliphatic carbocycles. The molecule has 14 heteroatoms. The van der Waals surface area contributed by atoms with Crippen LogP contribution >= 0.6 is 0 Å². The van der Waals surface area contributed by atoms with Gasteiger partial charge >= 0.3 is 17.9 Å². The molecular weight excluding hydrogens is 837 g/mol. The quantitative estimate of drug-likeness (QED) is 0.0262. The number of hydrogen-bond acceptors (Lipinski definition) is 14. The van der Waals surface area contributed by atoms with Crippen molar-refractivity contribution in [2.45, 2.75) is 38.5 Å². The Morgan fingerprint density at radius 2 is 0.600 bits per heavy atom. The fourth-order valence-corrected chi connectivity index (χ4v) is 7.28. The van der Waals surface area contributed by atoms with E-state index < -0.39 is 63.2 Å². The molecule has 1 unspecified atom stereocenters. The molecule has 0 fully saturated rings. The molecular formula is C51H42O14. The molecule has 1 atom stereocenters. The minimum absolute atomic E-state index is 0.0453. The number of aromatic hydroxyl groups is 8. The largest absolute Gasteiger partial charge is 0.508 e. The minimum atomic E-state index is -0.891. The third-order valence-corrected chi connectivity index (χ3v) is 11.5. The number of ether oxygens (including phenoxy) is 3. The van der Waals surface area contributed by atoms with E-state index in [9.17, 15) is 55.2 Å². The maximum Gasteiger partial charge on any atom is 0.343 e. The Morgan fingerprint density at radius 1 is 0.369 bits per heavy atom. The second-order valence-electron chi connectivity index (χ2n) is 15.9. The van der Waals surface area contributed by atoms with E-state index in [2.05, 4.69) is 0 Å². The molecule has 8 N–H and O–H groups in total. The van der Waals surface area contributed by atoms with Crippen LogP contribution in [0.2, 0.25) is 0 Å². The Balaban J connectivity index is 1.17. The first-order valence-electron chi connectivity index (χ1n) is 19.9. The van der Waals surface area contributed by atoms with Gasteiger partial charge in [0.2, 0.25) is 0 Å². The zero-order valence-corrected chi connectivity index (χ0v) is 35.2. The van der Waals surface area contributed by atoms with E-state index in [4.69, 9.17) is 14.2 Å². The summed E-state index contributed by atoms with van der Waals surface area (Å²) in [6.07, 6.45) is 0. The number of carbonyl (C=O) groups excluding carboxylic acids is 3. The van der Waals surface area contributed by atoms with Gasteiger partial charge in [-0.2, -0.15) is 0 Å². The average Bonchev–Trinajstić information content (AvgIpc) is 3.29. The summed E-state index contributed by atoms with van der Waals surface area (Å²) in [5.41, 5.74) is 2.60. The second-order valence-corrected chi connectivity index (χ2v) is 15.9. The lowest BCUT2D eigenvalue weighted by Gasteiger charge is -2.33. The number of phenols is 8. The van der Waals surface area contributed by atoms with Gasteiger partial charge in [0, 0.05) is 16.4 Å². The molecule has 0 aliphatic heterocycles. The van der Waals surface area contributed by atoms with Gasteiger partial charge in [0.25, 0.3) is 0 Å². The van der Waals surface area contributed by atoms with E-state index in [1.807, 2.05) is 57.2 Å². The van der Waals surface area contributed by atoms with Crippen molar-refractivity contribution < 1.29 is 69.4 Å². The maximum absolute atomic E-state index is 13.0. The van der Waals surface area contributed by atoms with Crippen LogP contribution in [0.4, 0.5) is 0 Å². The molecule has 0 saturated carbocycles. The van der Waals surface area contributed by atoms with Gasteiger partial charge in [-0.25, -0.2) is 14.4 Å². The van der Waals surface area contributed by atoms with Crippen LogP contribution in [0.5, 0.6) is 63.2 Å². The van der Waals surface area contributed by atoms with Crippen LogP contribution in [0.15, 0.2) is 133 Å². The van der Waals surface area contributed by atoms with Crippen LogP contribution in [0.25, 0.3) is 0 Å². The van der Waals surface area contributed by atoms with Crippen LogP contribution in [0.1, 0.15) is 85.2 Å². The first kappa shape index (κ1) is 44.4. The summed E-state index contributed by atoms with van der Waals surface area (Å²) >= 11 is 0. The molecule has 0 saturated heterocycles. The number of carbonyl (C=O) groups is 3. The van der Waals surface area contributed by atoms with Gasteiger partial charge in [0.1, 0.15) is 28.7 Å². The molecule has 0 bridgehead atoms. The Hall–Kier alpha value is -8.65. The van der Waals surface area contributed by atoms with Crippen molar-refractivity contribution in [1.29, 1.82) is 0 Å². The highest BCUT2D eigenvalue weighted by molar-refractivity contribution is 5.94. The molecule has 0 amide bonds. The van der Waals surface area contributed by atoms with Gasteiger partial charge in [0.05, 0.1) is 16.7 Å². The van der Waals surface area contributed by atoms with Crippen molar-refractivity contribution in [2.75, 3.05) is 0 Å². The van der Waals surface area contributed by atoms with Gasteiger partial charge in [-0.1, -0.05) is 74.5 Å². The highest BCUT2D eigenvalue weighted by atomic mass is 16.5. The van der Waals surface area contributed by atoms with Crippen LogP contribution in [-0.2, 0) is 10.8 Å². The standard InChI is InChI=1S/C51H42O14/c1-27-39(52)21-28(22-40(27)53)47(60)64-37-17-11-34(12-18-37)51(4,35-13-19-38(20-14-35)65-49(62)30-25-43(56)46(59)44(57)26-30)33-7-5-31(6-8-33)50(2,3)32-9-15-36(16-10-32)63-48(61)29-23-41(54)45(58)42(55)24-29/h5-26,52-59H,1-4H3. The summed E-state index contributed by atoms with van der Waals surface area (Å²) in [5.74, 6) is -6.73. The molecule has 65 heavy (non-hydrogen) atoms. The summed E-state index contributed by atoms with van der Waals surface area (Å²) in [5, 5.41) is 79.0. The first-order chi connectivity index (χ1) is 30.8. The van der Waals surface area contributed by atoms with Crippen molar-refractivity contribution in [3.8, 4) is 63.2 Å². The number of phenolic OH excluding ortho intramolecular Hbond substituents is 8. The van der Waals surface area contributed by atoms with Gasteiger partial charge in [-0.05, 0) is 114 Å². The zero-order valence-electron chi connectivity index (χ0n) is 35.2. The Kier molecular flexibility index (Phi) is 11.8. The molecule has 0 heterocycles. The van der Waals surface area contributed by atoms with E-state index in [0.717, 1.165) is 52.1 Å². The fourth-order valence-electron chi connectivity index (χ4n) is 7.28. The zero-order chi connectivity index (χ0) is 47.0. The summed E-state index contributed by atoms with van der Waals surface area (Å²) in [4.78, 5) is 38.7. The SMILES string of the molecule is Cc1c(O)cc(C(=O)Oc2ccc(C(C)(c3ccc(OC(=O)c4cc(O)c(O)c(O)c4)cc3)c3ccc(C(C)(C)c4ccc(OC(=O)c5cc(O)c(O)c(O)c5)cc4)cc3)cc2)cc1O. The summed E-state index contributed by atoms with van der Waals surface area (Å²) in [6, 6.07) is 34.7. The summed E-state index contributed by atoms with van der Waals surface area (Å²) in [6.45, 7) is 7.57. The van der Waals surface area contributed by atoms with Crippen LogP contribution in [0.3, 0.4) is 0 Å². The highest BCUT2D eigenvalue weighted by Gasteiger charge is 2.33. The van der Waals surface area contributed by atoms with Crippen LogP contribution < -0.4 is 14.2 Å². The smallest absolute Gasteiger partial charge is 0.343 e. The predicted molar refractivity (Wildman–Crippen MR) is 236 cm³/mol. The van der Waals surface area contributed by atoms with Crippen molar-refractivity contribution in [2.24, 2.45) is 0 Å². The predicted octanol–water partition coefficient (Wildman–Crippen LogP) is 8.98. The third kappa shape index (κ3) is 8.86. The molecule has 0 aliphatic rings. The monoisotopic (exact) mass is 878 g/mol. The number of benzene rings is 7. The normalized spacial score (nSPS) is 12.2. The molecule has 7 aromatic rings. The number of hydrogen-bond donors (Lipinski definition) is 8. The van der Waals surface area contributed by atoms with Crippen molar-refractivity contribution in [3.63, 3.8) is 0 Å². The van der Waals surface area contributed by atoms with Gasteiger partial charge in [-0.3, -0.25) is 0 Å². The number of esters is 3. The fraction of sp³-hybridized carbons (Fsp3) is 0.118. The van der Waals surface area contributed by atoms with E-state index in [0.29, 0.717) is 0 Å². The average molecular weight is 879 g/mol. The molecule has 0 aromatic heterocycles. The molecule has 330 valence electrons. The lowest BCUT2D eigenvalue weighted by Crippen LogP contribution is -2.26. The maximum atomic E-state index is 13.0. The van der Waals surface area contributed by atoms with Gasteiger partial charge in [0.15, 0.2) is 34.5 Å². The van der Waals surface area contributed by atoms with Crippen molar-refractivity contribution in [1.82, 2.24) is 0 Å². The molecule has 14 nitrogen and oxygen atoms in total. The van der Waals surface area contributed by atoms with E-state index in [1.165, 1.54) is 19.1 Å². The number of rotatable bonds is 11. The van der Waals surface area contributed by atoms with Gasteiger partial charge in [-0.15, -0.1) is 0 Å². The lowest BCUT2D eigenvalue weighted by atomic mass is 9.70. The first-order valence-corrected chi connectivity index (χ1v) is 19.9. The lowest BCUT2D eigenvalue weighted by molar-refractivity contribution is 0.0724. The second kappa shape index (κ2) is 17.3. The molecule has 0 radical (unpaired) electrons. The summed E-state index contributed by atoms with van der Waals surface area (Å²) in [7, 11) is 0. The minimum Gasteiger partial charge on any atom is -0.508 e. The van der Waals surface area contributed by atoms with Gasteiger partial charge < -0.3 is 55.1 Å². The molecule has 7 rings (SSSR count). The van der Waals surface area contributed by atoms with E-state index >= 15 is 0 Å². The topological polar surface area (TPSA) is 241 Å². The highest BCUT2D eigenvalue weighted by Crippen LogP contribution is 2.43. The van der Waals surface area contributed by atoms with E-state index in [1.54, 1.807) is 60.7 Å². The van der Waals surface area contributed by atoms with Crippen LogP contribution in [-0.4, -0.2) is 58.8 Å². The van der Waals surface area contributed by atoms with Crippen LogP contribution in [0, 0.1) is 6.92 Å². The molecule has 7 aromatic carbocycles. The van der Waals surface area contributed by atoms with Crippen molar-refractivity contribution in [3.05, 3.63) is 184 Å². The van der Waals surface area contributed by atoms with Crippen molar-refractivity contribution >= 4 is 17.9 Å².